The van der Waals surface area contributed by atoms with Crippen molar-refractivity contribution >= 4 is 11.6 Å². The van der Waals surface area contributed by atoms with Crippen molar-refractivity contribution in [1.82, 2.24) is 10.2 Å². The molecule has 2 saturated heterocycles. The van der Waals surface area contributed by atoms with Gasteiger partial charge in [0, 0.05) is 23.0 Å². The molecule has 0 bridgehead atoms. The fourth-order valence-corrected chi connectivity index (χ4v) is 4.36. The maximum absolute atomic E-state index is 6.48. The average molecular weight is 307 g/mol. The van der Waals surface area contributed by atoms with Crippen molar-refractivity contribution in [3.63, 3.8) is 0 Å². The van der Waals surface area contributed by atoms with Gasteiger partial charge in [-0.2, -0.15) is 0 Å². The van der Waals surface area contributed by atoms with Gasteiger partial charge >= 0.3 is 0 Å². The van der Waals surface area contributed by atoms with Crippen LogP contribution in [0.1, 0.15) is 43.7 Å². The van der Waals surface area contributed by atoms with Crippen molar-refractivity contribution in [3.8, 4) is 5.75 Å². The Kier molecular flexibility index (Phi) is 3.60. The van der Waals surface area contributed by atoms with E-state index in [-0.39, 0.29) is 5.60 Å². The third-order valence-electron chi connectivity index (χ3n) is 5.32. The van der Waals surface area contributed by atoms with E-state index >= 15 is 0 Å². The van der Waals surface area contributed by atoms with Gasteiger partial charge in [-0.15, -0.1) is 0 Å². The van der Waals surface area contributed by atoms with Crippen LogP contribution in [0.15, 0.2) is 18.2 Å². The van der Waals surface area contributed by atoms with Crippen LogP contribution in [-0.4, -0.2) is 36.7 Å². The number of fused-ring (bicyclic) bond motifs is 1. The van der Waals surface area contributed by atoms with Crippen LogP contribution in [0.2, 0.25) is 5.02 Å². The molecule has 3 nitrogen and oxygen atoms in total. The van der Waals surface area contributed by atoms with Gasteiger partial charge in [0.2, 0.25) is 0 Å². The van der Waals surface area contributed by atoms with Gasteiger partial charge in [0.1, 0.15) is 11.4 Å². The number of ether oxygens (including phenoxy) is 1. The highest BCUT2D eigenvalue weighted by Gasteiger charge is 2.43. The number of nitrogens with zero attached hydrogens (tertiary/aromatic N) is 1. The molecule has 0 aliphatic carbocycles. The van der Waals surface area contributed by atoms with E-state index in [4.69, 9.17) is 16.3 Å². The van der Waals surface area contributed by atoms with Crippen LogP contribution in [-0.2, 0) is 0 Å². The summed E-state index contributed by atoms with van der Waals surface area (Å²) >= 11 is 6.24. The molecule has 0 aromatic heterocycles. The van der Waals surface area contributed by atoms with Gasteiger partial charge in [0.05, 0.1) is 0 Å². The molecule has 21 heavy (non-hydrogen) atoms. The zero-order valence-electron chi connectivity index (χ0n) is 12.4. The zero-order valence-corrected chi connectivity index (χ0v) is 13.2. The summed E-state index contributed by atoms with van der Waals surface area (Å²) in [5.74, 6) is 1.06. The van der Waals surface area contributed by atoms with Crippen LogP contribution in [0.3, 0.4) is 0 Å². The molecule has 3 aliphatic heterocycles. The number of hydrogen-bond donors (Lipinski definition) is 1. The van der Waals surface area contributed by atoms with Crippen molar-refractivity contribution in [2.24, 2.45) is 0 Å². The van der Waals surface area contributed by atoms with E-state index in [1.807, 2.05) is 6.07 Å². The smallest absolute Gasteiger partial charge is 0.125 e. The van der Waals surface area contributed by atoms with Gasteiger partial charge in [0.25, 0.3) is 0 Å². The van der Waals surface area contributed by atoms with Gasteiger partial charge in [-0.3, -0.25) is 4.90 Å². The topological polar surface area (TPSA) is 24.5 Å². The standard InChI is InChI=1S/C17H23ClN2O/c18-13-3-4-16-14(11-13)15(20-9-1-2-10-20)12-17(21-16)5-7-19-8-6-17/h3-4,11,15,19H,1-2,5-10,12H2. The normalized spacial score (nSPS) is 28.3. The molecule has 1 unspecified atom stereocenters. The van der Waals surface area contributed by atoms with Crippen molar-refractivity contribution < 1.29 is 4.74 Å². The first kappa shape index (κ1) is 13.9. The minimum Gasteiger partial charge on any atom is -0.487 e. The molecule has 3 heterocycles. The molecule has 1 N–H and O–H groups in total. The molecule has 0 radical (unpaired) electrons. The molecular weight excluding hydrogens is 284 g/mol. The summed E-state index contributed by atoms with van der Waals surface area (Å²) in [7, 11) is 0. The lowest BCUT2D eigenvalue weighted by molar-refractivity contribution is -0.0159. The van der Waals surface area contributed by atoms with E-state index in [2.05, 4.69) is 22.3 Å². The van der Waals surface area contributed by atoms with Gasteiger partial charge in [0.15, 0.2) is 0 Å². The SMILES string of the molecule is Clc1ccc2c(c1)C(N1CCCC1)CC1(CCNCC1)O2. The number of halogens is 1. The Balaban J connectivity index is 1.71. The van der Waals surface area contributed by atoms with Crippen LogP contribution >= 0.6 is 11.6 Å². The molecule has 0 amide bonds. The summed E-state index contributed by atoms with van der Waals surface area (Å²) in [5, 5.41) is 4.28. The van der Waals surface area contributed by atoms with Crippen LogP contribution in [0.5, 0.6) is 5.75 Å². The monoisotopic (exact) mass is 306 g/mol. The zero-order chi connectivity index (χ0) is 14.3. The summed E-state index contributed by atoms with van der Waals surface area (Å²) in [6.07, 6.45) is 5.98. The number of benzene rings is 1. The highest BCUT2D eigenvalue weighted by atomic mass is 35.5. The van der Waals surface area contributed by atoms with E-state index in [1.165, 1.54) is 31.5 Å². The summed E-state index contributed by atoms with van der Waals surface area (Å²) in [4.78, 5) is 2.64. The Morgan fingerprint density at radius 1 is 1.19 bits per heavy atom. The molecule has 3 aliphatic rings. The Bertz CT molecular complexity index is 522. The summed E-state index contributed by atoms with van der Waals surface area (Å²) < 4.78 is 6.48. The molecule has 1 aromatic carbocycles. The summed E-state index contributed by atoms with van der Waals surface area (Å²) in [6, 6.07) is 6.63. The van der Waals surface area contributed by atoms with Crippen LogP contribution in [0.4, 0.5) is 0 Å². The van der Waals surface area contributed by atoms with Crippen molar-refractivity contribution in [1.29, 1.82) is 0 Å². The Hall–Kier alpha value is -0.770. The first-order chi connectivity index (χ1) is 10.3. The van der Waals surface area contributed by atoms with E-state index < -0.39 is 0 Å². The number of likely N-dealkylation sites (tertiary alicyclic amines) is 1. The highest BCUT2D eigenvalue weighted by Crippen LogP contribution is 2.47. The minimum absolute atomic E-state index is 0.0271. The second-order valence-corrected chi connectivity index (χ2v) is 7.12. The first-order valence-corrected chi connectivity index (χ1v) is 8.57. The third-order valence-corrected chi connectivity index (χ3v) is 5.55. The molecule has 1 atom stereocenters. The van der Waals surface area contributed by atoms with Crippen LogP contribution < -0.4 is 10.1 Å². The number of nitrogens with one attached hydrogen (secondary N) is 1. The fraction of sp³-hybridized carbons (Fsp3) is 0.647. The largest absolute Gasteiger partial charge is 0.487 e. The molecule has 1 spiro atoms. The lowest BCUT2D eigenvalue weighted by atomic mass is 9.80. The molecule has 114 valence electrons. The Morgan fingerprint density at radius 2 is 1.95 bits per heavy atom. The maximum Gasteiger partial charge on any atom is 0.125 e. The summed E-state index contributed by atoms with van der Waals surface area (Å²) in [6.45, 7) is 4.56. The second-order valence-electron chi connectivity index (χ2n) is 6.68. The van der Waals surface area contributed by atoms with E-state index in [9.17, 15) is 0 Å². The van der Waals surface area contributed by atoms with E-state index in [0.717, 1.165) is 43.1 Å². The third kappa shape index (κ3) is 2.56. The molecule has 2 fully saturated rings. The predicted molar refractivity (Wildman–Crippen MR) is 85.1 cm³/mol. The van der Waals surface area contributed by atoms with Crippen molar-refractivity contribution in [3.05, 3.63) is 28.8 Å². The molecule has 4 rings (SSSR count). The van der Waals surface area contributed by atoms with Crippen LogP contribution in [0.25, 0.3) is 0 Å². The molecular formula is C17H23ClN2O. The Labute approximate surface area is 131 Å². The minimum atomic E-state index is 0.0271. The van der Waals surface area contributed by atoms with Gasteiger partial charge in [-0.1, -0.05) is 11.6 Å². The van der Waals surface area contributed by atoms with E-state index in [1.54, 1.807) is 0 Å². The first-order valence-electron chi connectivity index (χ1n) is 8.19. The quantitative estimate of drug-likeness (QED) is 0.861. The van der Waals surface area contributed by atoms with Gasteiger partial charge < -0.3 is 10.1 Å². The highest BCUT2D eigenvalue weighted by molar-refractivity contribution is 6.30. The number of hydrogen-bond acceptors (Lipinski definition) is 3. The lowest BCUT2D eigenvalue weighted by Crippen LogP contribution is -2.51. The number of rotatable bonds is 1. The van der Waals surface area contributed by atoms with Crippen molar-refractivity contribution in [2.45, 2.75) is 43.7 Å². The van der Waals surface area contributed by atoms with Gasteiger partial charge in [-0.25, -0.2) is 0 Å². The maximum atomic E-state index is 6.48. The second kappa shape index (κ2) is 5.45. The van der Waals surface area contributed by atoms with Crippen molar-refractivity contribution in [2.75, 3.05) is 26.2 Å². The Morgan fingerprint density at radius 3 is 2.71 bits per heavy atom. The van der Waals surface area contributed by atoms with E-state index in [0.29, 0.717) is 6.04 Å². The van der Waals surface area contributed by atoms with Gasteiger partial charge in [-0.05, 0) is 70.1 Å². The lowest BCUT2D eigenvalue weighted by Gasteiger charge is -2.47. The number of piperidine rings is 1. The molecule has 1 aromatic rings. The summed E-state index contributed by atoms with van der Waals surface area (Å²) in [5.41, 5.74) is 1.33. The fourth-order valence-electron chi connectivity index (χ4n) is 4.18. The molecule has 0 saturated carbocycles. The average Bonchev–Trinajstić information content (AvgIpc) is 3.02. The van der Waals surface area contributed by atoms with Crippen LogP contribution in [0, 0.1) is 0 Å². The predicted octanol–water partition coefficient (Wildman–Crippen LogP) is 3.38. The molecule has 4 heteroatoms.